The van der Waals surface area contributed by atoms with E-state index in [1.807, 2.05) is 31.2 Å². The van der Waals surface area contributed by atoms with Gasteiger partial charge in [-0.3, -0.25) is 14.6 Å². The molecule has 0 saturated carbocycles. The Balaban J connectivity index is 1.99. The molecular weight excluding hydrogens is 350 g/mol. The number of ketones is 1. The highest BCUT2D eigenvalue weighted by atomic mass is 16.5. The first kappa shape index (κ1) is 18.6. The SMILES string of the molecule is COC(=O)C1C(C)=NC2=C(C(=O)CC(C)(C)C2)[C@@H]1c1cccc2ccccc12. The zero-order chi connectivity index (χ0) is 20.1. The fourth-order valence-electron chi connectivity index (χ4n) is 4.74. The summed E-state index contributed by atoms with van der Waals surface area (Å²) in [7, 11) is 1.39. The molecule has 1 heterocycles. The smallest absolute Gasteiger partial charge is 0.315 e. The third-order valence-corrected chi connectivity index (χ3v) is 5.92. The van der Waals surface area contributed by atoms with Gasteiger partial charge in [-0.25, -0.2) is 0 Å². The van der Waals surface area contributed by atoms with Crippen LogP contribution in [0.1, 0.15) is 45.1 Å². The second-order valence-corrected chi connectivity index (χ2v) is 8.60. The Morgan fingerprint density at radius 2 is 1.82 bits per heavy atom. The quantitative estimate of drug-likeness (QED) is 0.707. The molecule has 28 heavy (non-hydrogen) atoms. The predicted octanol–water partition coefficient (Wildman–Crippen LogP) is 4.83. The number of rotatable bonds is 2. The van der Waals surface area contributed by atoms with Gasteiger partial charge in [-0.05, 0) is 35.1 Å². The van der Waals surface area contributed by atoms with Crippen LogP contribution in [-0.4, -0.2) is 24.6 Å². The maximum Gasteiger partial charge on any atom is 0.315 e. The van der Waals surface area contributed by atoms with Crippen molar-refractivity contribution >= 4 is 28.2 Å². The fraction of sp³-hybridized carbons (Fsp3) is 0.375. The molecule has 0 N–H and O–H groups in total. The minimum Gasteiger partial charge on any atom is -0.468 e. The van der Waals surface area contributed by atoms with Gasteiger partial charge < -0.3 is 4.74 Å². The third-order valence-electron chi connectivity index (χ3n) is 5.92. The summed E-state index contributed by atoms with van der Waals surface area (Å²) >= 11 is 0. The Hall–Kier alpha value is -2.75. The number of nitrogens with zero attached hydrogens (tertiary/aromatic N) is 1. The Bertz CT molecular complexity index is 1040. The molecular formula is C24H25NO3. The first-order chi connectivity index (χ1) is 13.3. The Kier molecular flexibility index (Phi) is 4.45. The van der Waals surface area contributed by atoms with E-state index in [1.54, 1.807) is 0 Å². The van der Waals surface area contributed by atoms with Crippen molar-refractivity contribution in [1.82, 2.24) is 0 Å². The van der Waals surface area contributed by atoms with Crippen LogP contribution in [0.4, 0.5) is 0 Å². The van der Waals surface area contributed by atoms with Gasteiger partial charge in [0.15, 0.2) is 5.78 Å². The van der Waals surface area contributed by atoms with Gasteiger partial charge >= 0.3 is 5.97 Å². The molecule has 0 bridgehead atoms. The van der Waals surface area contributed by atoms with Gasteiger partial charge in [0.2, 0.25) is 0 Å². The maximum atomic E-state index is 13.2. The largest absolute Gasteiger partial charge is 0.468 e. The minimum atomic E-state index is -0.584. The van der Waals surface area contributed by atoms with E-state index in [-0.39, 0.29) is 23.1 Å². The van der Waals surface area contributed by atoms with E-state index < -0.39 is 5.92 Å². The molecule has 2 aromatic rings. The molecule has 0 fully saturated rings. The summed E-state index contributed by atoms with van der Waals surface area (Å²) in [6.07, 6.45) is 1.20. The fourth-order valence-corrected chi connectivity index (χ4v) is 4.74. The summed E-state index contributed by atoms with van der Waals surface area (Å²) in [5.74, 6) is -1.20. The number of Topliss-reactive ketones (excluding diaryl/α,β-unsaturated/α-hetero) is 1. The van der Waals surface area contributed by atoms with Crippen molar-refractivity contribution in [3.05, 3.63) is 59.3 Å². The molecule has 0 saturated heterocycles. The molecule has 4 rings (SSSR count). The van der Waals surface area contributed by atoms with Crippen molar-refractivity contribution in [2.75, 3.05) is 7.11 Å². The molecule has 2 aromatic carbocycles. The lowest BCUT2D eigenvalue weighted by Crippen LogP contribution is -2.39. The molecule has 2 aliphatic rings. The average molecular weight is 375 g/mol. The van der Waals surface area contributed by atoms with Gasteiger partial charge in [0.25, 0.3) is 0 Å². The van der Waals surface area contributed by atoms with E-state index in [0.717, 1.165) is 28.5 Å². The van der Waals surface area contributed by atoms with Gasteiger partial charge in [-0.2, -0.15) is 0 Å². The Morgan fingerprint density at radius 1 is 1.11 bits per heavy atom. The van der Waals surface area contributed by atoms with E-state index in [0.29, 0.717) is 17.7 Å². The number of aliphatic imine (C=N–C) groups is 1. The van der Waals surface area contributed by atoms with Crippen LogP contribution >= 0.6 is 0 Å². The van der Waals surface area contributed by atoms with Crippen molar-refractivity contribution in [3.63, 3.8) is 0 Å². The van der Waals surface area contributed by atoms with Crippen LogP contribution in [0.5, 0.6) is 0 Å². The lowest BCUT2D eigenvalue weighted by Gasteiger charge is -2.39. The van der Waals surface area contributed by atoms with Crippen molar-refractivity contribution in [3.8, 4) is 0 Å². The van der Waals surface area contributed by atoms with Crippen molar-refractivity contribution in [2.24, 2.45) is 16.3 Å². The molecule has 4 nitrogen and oxygen atoms in total. The number of hydrogen-bond donors (Lipinski definition) is 0. The highest BCUT2D eigenvalue weighted by molar-refractivity contribution is 6.10. The van der Waals surface area contributed by atoms with Crippen LogP contribution in [0.15, 0.2) is 58.7 Å². The number of methoxy groups -OCH3 is 1. The molecule has 0 amide bonds. The highest BCUT2D eigenvalue weighted by Gasteiger charge is 2.46. The summed E-state index contributed by atoms with van der Waals surface area (Å²) in [6, 6.07) is 14.2. The zero-order valence-electron chi connectivity index (χ0n) is 16.8. The molecule has 4 heteroatoms. The highest BCUT2D eigenvalue weighted by Crippen LogP contribution is 2.48. The third kappa shape index (κ3) is 2.97. The summed E-state index contributed by atoms with van der Waals surface area (Å²) in [5, 5.41) is 2.15. The van der Waals surface area contributed by atoms with E-state index in [9.17, 15) is 9.59 Å². The van der Waals surface area contributed by atoms with E-state index in [1.165, 1.54) is 7.11 Å². The summed E-state index contributed by atoms with van der Waals surface area (Å²) in [4.78, 5) is 30.7. The van der Waals surface area contributed by atoms with Crippen molar-refractivity contribution in [1.29, 1.82) is 0 Å². The van der Waals surface area contributed by atoms with Crippen molar-refractivity contribution < 1.29 is 14.3 Å². The second-order valence-electron chi connectivity index (χ2n) is 8.60. The van der Waals surface area contributed by atoms with Gasteiger partial charge in [0.1, 0.15) is 5.92 Å². The first-order valence-corrected chi connectivity index (χ1v) is 9.69. The number of carbonyl (C=O) groups excluding carboxylic acids is 2. The number of ether oxygens (including phenoxy) is 1. The number of allylic oxidation sites excluding steroid dienone is 2. The lowest BCUT2D eigenvalue weighted by molar-refractivity contribution is -0.143. The molecule has 2 atom stereocenters. The van der Waals surface area contributed by atoms with Crippen LogP contribution in [-0.2, 0) is 14.3 Å². The zero-order valence-corrected chi connectivity index (χ0v) is 16.8. The molecule has 0 radical (unpaired) electrons. The lowest BCUT2D eigenvalue weighted by atomic mass is 9.66. The number of hydrogen-bond acceptors (Lipinski definition) is 4. The molecule has 1 aliphatic carbocycles. The first-order valence-electron chi connectivity index (χ1n) is 9.69. The van der Waals surface area contributed by atoms with E-state index in [2.05, 4.69) is 32.0 Å². The van der Waals surface area contributed by atoms with E-state index in [4.69, 9.17) is 9.73 Å². The molecule has 144 valence electrons. The molecule has 1 unspecified atom stereocenters. The summed E-state index contributed by atoms with van der Waals surface area (Å²) < 4.78 is 5.13. The van der Waals surface area contributed by atoms with Crippen LogP contribution in [0.25, 0.3) is 10.8 Å². The number of benzene rings is 2. The number of fused-ring (bicyclic) bond motifs is 1. The maximum absolute atomic E-state index is 13.2. The van der Waals surface area contributed by atoms with Crippen molar-refractivity contribution in [2.45, 2.75) is 39.5 Å². The topological polar surface area (TPSA) is 55.7 Å². The standard InChI is InChI=1S/C24H25NO3/c1-14-20(23(27)28-4)21(17-11-7-9-15-8-5-6-10-16(15)17)22-18(25-14)12-24(2,3)13-19(22)26/h5-11,20-21H,12-13H2,1-4H3/t20?,21-/m1/s1. The molecule has 1 aliphatic heterocycles. The normalized spacial score (nSPS) is 24.0. The number of esters is 1. The minimum absolute atomic E-state index is 0.0920. The van der Waals surface area contributed by atoms with Gasteiger partial charge in [-0.1, -0.05) is 56.3 Å². The average Bonchev–Trinajstić information content (AvgIpc) is 2.65. The second kappa shape index (κ2) is 6.69. The van der Waals surface area contributed by atoms with Crippen LogP contribution in [0.3, 0.4) is 0 Å². The van der Waals surface area contributed by atoms with Crippen LogP contribution < -0.4 is 0 Å². The van der Waals surface area contributed by atoms with Crippen LogP contribution in [0, 0.1) is 11.3 Å². The monoisotopic (exact) mass is 375 g/mol. The predicted molar refractivity (Wildman–Crippen MR) is 110 cm³/mol. The summed E-state index contributed by atoms with van der Waals surface area (Å²) in [6.45, 7) is 6.06. The molecule has 0 aromatic heterocycles. The van der Waals surface area contributed by atoms with Gasteiger partial charge in [0, 0.05) is 29.3 Å². The van der Waals surface area contributed by atoms with E-state index >= 15 is 0 Å². The Labute approximate surface area is 165 Å². The molecule has 0 spiro atoms. The van der Waals surface area contributed by atoms with Gasteiger partial charge in [-0.15, -0.1) is 0 Å². The number of carbonyl (C=O) groups is 2. The Morgan fingerprint density at radius 3 is 2.57 bits per heavy atom. The van der Waals surface area contributed by atoms with Crippen LogP contribution in [0.2, 0.25) is 0 Å². The van der Waals surface area contributed by atoms with Gasteiger partial charge in [0.05, 0.1) is 7.11 Å². The summed E-state index contributed by atoms with van der Waals surface area (Å²) in [5.41, 5.74) is 3.10.